The Kier molecular flexibility index (Phi) is 5.90. The van der Waals surface area contributed by atoms with Crippen LogP contribution in [0.25, 0.3) is 22.7 Å². The number of piperidine rings is 1. The third-order valence-corrected chi connectivity index (χ3v) is 8.39. The summed E-state index contributed by atoms with van der Waals surface area (Å²) in [5, 5.41) is 0.518. The first kappa shape index (κ1) is 22.0. The normalized spacial score (nSPS) is 15.8. The number of benzene rings is 1. The largest absolute Gasteiger partial charge is 0.304 e. The SMILES string of the molecule is CCc1ccc(S(=O)(=O)N2CCC(n3c(-c4ncccc4Cl)nc4cccnc43)CC2)cc1. The molecule has 4 heterocycles. The summed E-state index contributed by atoms with van der Waals surface area (Å²) in [6, 6.07) is 14.5. The van der Waals surface area contributed by atoms with Crippen LogP contribution in [0.3, 0.4) is 0 Å². The van der Waals surface area contributed by atoms with Gasteiger partial charge in [-0.3, -0.25) is 4.98 Å². The Balaban J connectivity index is 1.45. The molecule has 1 aromatic carbocycles. The summed E-state index contributed by atoms with van der Waals surface area (Å²) < 4.78 is 30.0. The first-order valence-electron chi connectivity index (χ1n) is 11.0. The Morgan fingerprint density at radius 1 is 1.00 bits per heavy atom. The van der Waals surface area contributed by atoms with Crippen molar-refractivity contribution in [2.45, 2.75) is 37.1 Å². The van der Waals surface area contributed by atoms with Crippen LogP contribution in [-0.2, 0) is 16.4 Å². The third-order valence-electron chi connectivity index (χ3n) is 6.18. The number of pyridine rings is 2. The molecule has 0 atom stereocenters. The van der Waals surface area contributed by atoms with Crippen LogP contribution >= 0.6 is 11.6 Å². The van der Waals surface area contributed by atoms with E-state index in [1.807, 2.05) is 24.3 Å². The number of fused-ring (bicyclic) bond motifs is 1. The van der Waals surface area contributed by atoms with E-state index < -0.39 is 10.0 Å². The fourth-order valence-electron chi connectivity index (χ4n) is 4.38. The van der Waals surface area contributed by atoms with Crippen molar-refractivity contribution >= 4 is 32.8 Å². The molecule has 1 fully saturated rings. The molecule has 7 nitrogen and oxygen atoms in total. The van der Waals surface area contributed by atoms with Crippen LogP contribution in [0.1, 0.15) is 31.4 Å². The summed E-state index contributed by atoms with van der Waals surface area (Å²) in [7, 11) is -3.53. The predicted octanol–water partition coefficient (Wildman–Crippen LogP) is 4.73. The second kappa shape index (κ2) is 8.85. The number of aryl methyl sites for hydroxylation is 1. The smallest absolute Gasteiger partial charge is 0.243 e. The van der Waals surface area contributed by atoms with Gasteiger partial charge in [0, 0.05) is 31.5 Å². The van der Waals surface area contributed by atoms with Crippen molar-refractivity contribution in [1.82, 2.24) is 23.8 Å². The molecule has 0 unspecified atom stereocenters. The molecule has 1 aliphatic rings. The van der Waals surface area contributed by atoms with Crippen molar-refractivity contribution in [3.63, 3.8) is 0 Å². The number of hydrogen-bond acceptors (Lipinski definition) is 5. The van der Waals surface area contributed by atoms with Gasteiger partial charge in [0.05, 0.1) is 9.92 Å². The standard InChI is InChI=1S/C24H24ClN5O2S/c1-2-17-7-9-19(10-8-17)33(31,32)29-15-11-18(12-16-29)30-23-21(6-4-14-27-23)28-24(30)22-20(25)5-3-13-26-22/h3-10,13-14,18H,2,11-12,15-16H2,1H3. The summed E-state index contributed by atoms with van der Waals surface area (Å²) in [6.07, 6.45) is 5.60. The highest BCUT2D eigenvalue weighted by molar-refractivity contribution is 7.89. The fourth-order valence-corrected chi connectivity index (χ4v) is 6.06. The van der Waals surface area contributed by atoms with Crippen LogP contribution in [0.15, 0.2) is 65.8 Å². The minimum atomic E-state index is -3.53. The van der Waals surface area contributed by atoms with E-state index in [1.54, 1.807) is 41.0 Å². The minimum absolute atomic E-state index is 0.0342. The number of imidazole rings is 1. The van der Waals surface area contributed by atoms with Gasteiger partial charge < -0.3 is 4.57 Å². The van der Waals surface area contributed by atoms with Crippen molar-refractivity contribution in [1.29, 1.82) is 0 Å². The molecule has 0 radical (unpaired) electrons. The van der Waals surface area contributed by atoms with Gasteiger partial charge in [-0.25, -0.2) is 18.4 Å². The monoisotopic (exact) mass is 481 g/mol. The third kappa shape index (κ3) is 4.03. The van der Waals surface area contributed by atoms with Crippen molar-refractivity contribution in [3.05, 3.63) is 71.5 Å². The molecule has 3 aromatic heterocycles. The number of rotatable bonds is 5. The maximum atomic E-state index is 13.2. The molecule has 9 heteroatoms. The lowest BCUT2D eigenvalue weighted by molar-refractivity contribution is 0.278. The van der Waals surface area contributed by atoms with Gasteiger partial charge in [0.25, 0.3) is 0 Å². The summed E-state index contributed by atoms with van der Waals surface area (Å²) in [6.45, 7) is 2.89. The molecule has 33 heavy (non-hydrogen) atoms. The van der Waals surface area contributed by atoms with E-state index in [9.17, 15) is 8.42 Å². The van der Waals surface area contributed by atoms with E-state index in [0.29, 0.717) is 47.4 Å². The molecule has 0 spiro atoms. The minimum Gasteiger partial charge on any atom is -0.304 e. The number of aromatic nitrogens is 4. The fraction of sp³-hybridized carbons (Fsp3) is 0.292. The Labute approximate surface area is 198 Å². The number of nitrogens with zero attached hydrogens (tertiary/aromatic N) is 5. The quantitative estimate of drug-likeness (QED) is 0.411. The second-order valence-corrected chi connectivity index (χ2v) is 10.5. The molecule has 4 aromatic rings. The maximum absolute atomic E-state index is 13.2. The Hall–Kier alpha value is -2.81. The maximum Gasteiger partial charge on any atom is 0.243 e. The molecule has 5 rings (SSSR count). The molecule has 1 aliphatic heterocycles. The van der Waals surface area contributed by atoms with Crippen LogP contribution in [0.2, 0.25) is 5.02 Å². The van der Waals surface area contributed by atoms with Gasteiger partial charge in [-0.05, 0) is 61.2 Å². The Morgan fingerprint density at radius 2 is 1.70 bits per heavy atom. The van der Waals surface area contributed by atoms with Crippen molar-refractivity contribution in [3.8, 4) is 11.5 Å². The van der Waals surface area contributed by atoms with Crippen LogP contribution in [-0.4, -0.2) is 45.3 Å². The summed E-state index contributed by atoms with van der Waals surface area (Å²) in [5.41, 5.74) is 3.24. The van der Waals surface area contributed by atoms with Gasteiger partial charge in [-0.1, -0.05) is 30.7 Å². The average Bonchev–Trinajstić information content (AvgIpc) is 3.24. The second-order valence-electron chi connectivity index (χ2n) is 8.12. The Bertz CT molecular complexity index is 1390. The summed E-state index contributed by atoms with van der Waals surface area (Å²) in [4.78, 5) is 14.1. The summed E-state index contributed by atoms with van der Waals surface area (Å²) >= 11 is 6.45. The van der Waals surface area contributed by atoms with Gasteiger partial charge >= 0.3 is 0 Å². The highest BCUT2D eigenvalue weighted by atomic mass is 35.5. The van der Waals surface area contributed by atoms with E-state index in [1.165, 1.54) is 0 Å². The van der Waals surface area contributed by atoms with Crippen molar-refractivity contribution in [2.75, 3.05) is 13.1 Å². The lowest BCUT2D eigenvalue weighted by Gasteiger charge is -2.32. The predicted molar refractivity (Wildman–Crippen MR) is 129 cm³/mol. The van der Waals surface area contributed by atoms with Gasteiger partial charge in [-0.2, -0.15) is 4.31 Å². The molecular formula is C24H24ClN5O2S. The summed E-state index contributed by atoms with van der Waals surface area (Å²) in [5.74, 6) is 0.658. The molecule has 1 saturated heterocycles. The molecular weight excluding hydrogens is 458 g/mol. The van der Waals surface area contributed by atoms with Crippen LogP contribution in [0.5, 0.6) is 0 Å². The average molecular weight is 482 g/mol. The molecule has 0 amide bonds. The number of sulfonamides is 1. The van der Waals surface area contributed by atoms with E-state index in [4.69, 9.17) is 16.6 Å². The van der Waals surface area contributed by atoms with E-state index in [0.717, 1.165) is 23.1 Å². The molecule has 0 aliphatic carbocycles. The van der Waals surface area contributed by atoms with Crippen LogP contribution in [0.4, 0.5) is 0 Å². The Morgan fingerprint density at radius 3 is 2.39 bits per heavy atom. The van der Waals surface area contributed by atoms with Crippen LogP contribution < -0.4 is 0 Å². The lowest BCUT2D eigenvalue weighted by Crippen LogP contribution is -2.39. The van der Waals surface area contributed by atoms with Gasteiger partial charge in [0.2, 0.25) is 10.0 Å². The van der Waals surface area contributed by atoms with E-state index >= 15 is 0 Å². The molecule has 0 bridgehead atoms. The van der Waals surface area contributed by atoms with Crippen LogP contribution in [0, 0.1) is 0 Å². The van der Waals surface area contributed by atoms with E-state index in [2.05, 4.69) is 21.5 Å². The number of halogens is 1. The van der Waals surface area contributed by atoms with Crippen molar-refractivity contribution in [2.24, 2.45) is 0 Å². The topological polar surface area (TPSA) is 81.0 Å². The zero-order valence-corrected chi connectivity index (χ0v) is 19.8. The highest BCUT2D eigenvalue weighted by Crippen LogP contribution is 2.35. The lowest BCUT2D eigenvalue weighted by atomic mass is 10.1. The first-order chi connectivity index (χ1) is 16.0. The molecule has 170 valence electrons. The molecule has 0 N–H and O–H groups in total. The highest BCUT2D eigenvalue weighted by Gasteiger charge is 2.32. The number of hydrogen-bond donors (Lipinski definition) is 0. The molecule has 0 saturated carbocycles. The zero-order chi connectivity index (χ0) is 23.0. The van der Waals surface area contributed by atoms with Gasteiger partial charge in [0.1, 0.15) is 11.2 Å². The zero-order valence-electron chi connectivity index (χ0n) is 18.2. The van der Waals surface area contributed by atoms with Gasteiger partial charge in [-0.15, -0.1) is 0 Å². The van der Waals surface area contributed by atoms with Crippen molar-refractivity contribution < 1.29 is 8.42 Å². The van der Waals surface area contributed by atoms with Gasteiger partial charge in [0.15, 0.2) is 11.5 Å². The first-order valence-corrected chi connectivity index (χ1v) is 12.8. The van der Waals surface area contributed by atoms with E-state index in [-0.39, 0.29) is 6.04 Å².